The van der Waals surface area contributed by atoms with Gasteiger partial charge in [-0.2, -0.15) is 5.11 Å². The molecule has 3 aromatic rings. The number of fused-ring (bicyclic) bond motifs is 1. The van der Waals surface area contributed by atoms with Crippen LogP contribution >= 0.6 is 0 Å². The molecule has 1 aliphatic heterocycles. The molecule has 0 unspecified atom stereocenters. The molecule has 14 heteroatoms. The number of nitrogens with zero attached hydrogens (tertiary/aromatic N) is 4. The summed E-state index contributed by atoms with van der Waals surface area (Å²) in [5.41, 5.74) is 7.56. The highest BCUT2D eigenvalue weighted by Gasteiger charge is 2.33. The third-order valence-corrected chi connectivity index (χ3v) is 7.82. The molecule has 0 aliphatic carbocycles. The zero-order chi connectivity index (χ0) is 23.1. The zero-order valence-corrected chi connectivity index (χ0v) is 18.1. The summed E-state index contributed by atoms with van der Waals surface area (Å²) in [6.07, 6.45) is 1.48. The Morgan fingerprint density at radius 1 is 1.12 bits per heavy atom. The Morgan fingerprint density at radius 3 is 2.56 bits per heavy atom. The van der Waals surface area contributed by atoms with E-state index in [1.807, 2.05) is 0 Å². The topological polar surface area (TPSA) is 206 Å². The molecule has 12 nitrogen and oxygen atoms in total. The second-order valence-corrected chi connectivity index (χ2v) is 10.6. The number of sulfonamides is 1. The van der Waals surface area contributed by atoms with Crippen molar-refractivity contribution in [1.82, 2.24) is 9.97 Å². The van der Waals surface area contributed by atoms with Crippen LogP contribution in [-0.4, -0.2) is 62.8 Å². The average Bonchev–Trinajstić information content (AvgIpc) is 3.43. The minimum Gasteiger partial charge on any atom is -0.395 e. The number of aliphatic hydroxyl groups is 1. The predicted octanol–water partition coefficient (Wildman–Crippen LogP) is 0.141. The van der Waals surface area contributed by atoms with Crippen LogP contribution in [0, 0.1) is 0 Å². The Kier molecular flexibility index (Phi) is 5.64. The Morgan fingerprint density at radius 2 is 1.91 bits per heavy atom. The van der Waals surface area contributed by atoms with Gasteiger partial charge in [-0.05, 0) is 17.7 Å². The molecule has 0 saturated heterocycles. The number of H-pyrrole nitrogens is 1. The van der Waals surface area contributed by atoms with Crippen molar-refractivity contribution in [3.05, 3.63) is 42.2 Å². The number of hydrogen-bond donors (Lipinski definition) is 4. The minimum atomic E-state index is -4.59. The van der Waals surface area contributed by atoms with Crippen molar-refractivity contribution in [2.24, 2.45) is 26.1 Å². The molecule has 1 aliphatic rings. The Balaban J connectivity index is 2.10. The first-order valence-electron chi connectivity index (χ1n) is 9.27. The van der Waals surface area contributed by atoms with Crippen LogP contribution in [0.15, 0.2) is 61.7 Å². The number of rotatable bonds is 7. The molecule has 0 spiro atoms. The first-order chi connectivity index (χ1) is 15.1. The summed E-state index contributed by atoms with van der Waals surface area (Å²) >= 11 is 0. The smallest absolute Gasteiger partial charge is 0.240 e. The van der Waals surface area contributed by atoms with Crippen molar-refractivity contribution in [3.8, 4) is 11.1 Å². The van der Waals surface area contributed by atoms with E-state index in [9.17, 15) is 21.9 Å². The van der Waals surface area contributed by atoms with Crippen molar-refractivity contribution in [3.63, 3.8) is 0 Å². The molecule has 1 aromatic heterocycles. The van der Waals surface area contributed by atoms with Crippen LogP contribution in [0.3, 0.4) is 0 Å². The van der Waals surface area contributed by atoms with Crippen LogP contribution < -0.4 is 10.9 Å². The number of aliphatic imine (C=N–C) groups is 1. The Hall–Kier alpha value is -3.04. The monoisotopic (exact) mass is 477 g/mol. The molecule has 168 valence electrons. The fourth-order valence-corrected chi connectivity index (χ4v) is 6.57. The fraction of sp³-hybridized carbons (Fsp3) is 0.222. The lowest BCUT2D eigenvalue weighted by molar-refractivity contribution is 0.274. The van der Waals surface area contributed by atoms with Gasteiger partial charge in [0.1, 0.15) is 4.90 Å². The van der Waals surface area contributed by atoms with E-state index in [-0.39, 0.29) is 18.1 Å². The number of azo groups is 1. The van der Waals surface area contributed by atoms with E-state index in [4.69, 9.17) is 10.9 Å². The Labute approximate surface area is 183 Å². The molecule has 6 N–H and O–H groups in total. The van der Waals surface area contributed by atoms with E-state index >= 15 is 0 Å². The number of benzene rings is 2. The van der Waals surface area contributed by atoms with E-state index < -0.39 is 48.1 Å². The van der Waals surface area contributed by atoms with Crippen LogP contribution in [0.5, 0.6) is 0 Å². The number of para-hydroxylation sites is 1. The second-order valence-electron chi connectivity index (χ2n) is 7.05. The standard InChI is InChI=1S/C18H19N7O5S2/c19-10(6-26)7-31(27,28)14-5-4-11(12-2-1-3-13-16(12)22-8-21-13)15(17(14)32(20,29)30)18-23-9-24-25-18/h1-5,8,10,26H,6-7,9,19H2,(H,21,22)(H2,20,29,30)/t10-/m0/s1. The third-order valence-electron chi connectivity index (χ3n) is 4.82. The molecular formula is C18H19N7O5S2. The zero-order valence-electron chi connectivity index (χ0n) is 16.5. The molecule has 0 amide bonds. The van der Waals surface area contributed by atoms with E-state index in [1.165, 1.54) is 12.4 Å². The number of amidine groups is 1. The summed E-state index contributed by atoms with van der Waals surface area (Å²) in [4.78, 5) is 10.1. The summed E-state index contributed by atoms with van der Waals surface area (Å²) in [5.74, 6) is -0.756. The van der Waals surface area contributed by atoms with Gasteiger partial charge in [-0.15, -0.1) is 5.11 Å². The number of imidazole rings is 1. The number of primary sulfonamides is 1. The van der Waals surface area contributed by atoms with Gasteiger partial charge in [-0.25, -0.2) is 32.0 Å². The van der Waals surface area contributed by atoms with Gasteiger partial charge in [0.2, 0.25) is 10.0 Å². The van der Waals surface area contributed by atoms with E-state index in [2.05, 4.69) is 25.2 Å². The van der Waals surface area contributed by atoms with Gasteiger partial charge in [0, 0.05) is 11.6 Å². The largest absolute Gasteiger partial charge is 0.395 e. The second kappa shape index (κ2) is 8.14. The molecule has 0 radical (unpaired) electrons. The maximum atomic E-state index is 13.0. The van der Waals surface area contributed by atoms with E-state index in [0.717, 1.165) is 6.07 Å². The number of sulfone groups is 1. The van der Waals surface area contributed by atoms with Gasteiger partial charge < -0.3 is 15.8 Å². The Bertz CT molecular complexity index is 1480. The van der Waals surface area contributed by atoms with Crippen molar-refractivity contribution < 1.29 is 21.9 Å². The van der Waals surface area contributed by atoms with Crippen LogP contribution in [0.1, 0.15) is 5.56 Å². The van der Waals surface area contributed by atoms with E-state index in [1.54, 1.807) is 18.2 Å². The quantitative estimate of drug-likeness (QED) is 0.370. The first kappa shape index (κ1) is 22.2. The van der Waals surface area contributed by atoms with Gasteiger partial charge in [0.25, 0.3) is 0 Å². The molecule has 32 heavy (non-hydrogen) atoms. The summed E-state index contributed by atoms with van der Waals surface area (Å²) in [7, 11) is -8.85. The van der Waals surface area contributed by atoms with Gasteiger partial charge in [0.05, 0.1) is 40.2 Å². The molecule has 0 fully saturated rings. The highest BCUT2D eigenvalue weighted by molar-refractivity contribution is 7.93. The number of hydrogen-bond acceptors (Lipinski definition) is 10. The van der Waals surface area contributed by atoms with Crippen molar-refractivity contribution in [1.29, 1.82) is 0 Å². The fourth-order valence-electron chi connectivity index (χ4n) is 3.50. The summed E-state index contributed by atoms with van der Waals surface area (Å²) < 4.78 is 51.5. The maximum Gasteiger partial charge on any atom is 0.240 e. The molecule has 0 bridgehead atoms. The molecule has 2 heterocycles. The van der Waals surface area contributed by atoms with Gasteiger partial charge in [-0.1, -0.05) is 18.2 Å². The molecule has 4 rings (SSSR count). The summed E-state index contributed by atoms with van der Waals surface area (Å²) in [6.45, 7) is -0.644. The first-order valence-corrected chi connectivity index (χ1v) is 12.5. The maximum absolute atomic E-state index is 13.0. The van der Waals surface area contributed by atoms with Crippen LogP contribution in [0.2, 0.25) is 0 Å². The number of aromatic amines is 1. The molecular weight excluding hydrogens is 458 g/mol. The van der Waals surface area contributed by atoms with Crippen LogP contribution in [0.4, 0.5) is 0 Å². The summed E-state index contributed by atoms with van der Waals surface area (Å²) in [6, 6.07) is 6.71. The van der Waals surface area contributed by atoms with Gasteiger partial charge in [0.15, 0.2) is 22.3 Å². The van der Waals surface area contributed by atoms with Crippen LogP contribution in [0.25, 0.3) is 22.2 Å². The SMILES string of the molecule is N[C@@H](CO)CS(=O)(=O)c1ccc(-c2cccc3[nH]cnc23)c(C2=NCN=N2)c1S(N)(=O)=O. The summed E-state index contributed by atoms with van der Waals surface area (Å²) in [5, 5.41) is 22.4. The number of aliphatic hydroxyl groups excluding tert-OH is 1. The molecule has 2 aromatic carbocycles. The molecule has 1 atom stereocenters. The normalized spacial score (nSPS) is 15.3. The van der Waals surface area contributed by atoms with Crippen LogP contribution in [-0.2, 0) is 19.9 Å². The molecule has 0 saturated carbocycles. The lowest BCUT2D eigenvalue weighted by Crippen LogP contribution is -2.34. The minimum absolute atomic E-state index is 0.0438. The lowest BCUT2D eigenvalue weighted by Gasteiger charge is -2.18. The van der Waals surface area contributed by atoms with Crippen molar-refractivity contribution in [2.45, 2.75) is 15.8 Å². The lowest BCUT2D eigenvalue weighted by atomic mass is 9.97. The van der Waals surface area contributed by atoms with Crippen molar-refractivity contribution >= 4 is 36.7 Å². The average molecular weight is 478 g/mol. The van der Waals surface area contributed by atoms with Gasteiger partial charge >= 0.3 is 0 Å². The number of nitrogens with two attached hydrogens (primary N) is 2. The number of aromatic nitrogens is 2. The van der Waals surface area contributed by atoms with Gasteiger partial charge in [-0.3, -0.25) is 0 Å². The highest BCUT2D eigenvalue weighted by Crippen LogP contribution is 2.37. The number of nitrogens with one attached hydrogen (secondary N) is 1. The predicted molar refractivity (Wildman–Crippen MR) is 116 cm³/mol. The third kappa shape index (κ3) is 3.93. The highest BCUT2D eigenvalue weighted by atomic mass is 32.2. The van der Waals surface area contributed by atoms with E-state index in [0.29, 0.717) is 22.2 Å². The van der Waals surface area contributed by atoms with Crippen molar-refractivity contribution in [2.75, 3.05) is 19.0 Å².